The van der Waals surface area contributed by atoms with Crippen molar-refractivity contribution >= 4 is 0 Å². The highest BCUT2D eigenvalue weighted by molar-refractivity contribution is 5.11. The van der Waals surface area contributed by atoms with Gasteiger partial charge in [0.2, 0.25) is 0 Å². The minimum atomic E-state index is 0.390. The van der Waals surface area contributed by atoms with Crippen LogP contribution in [-0.4, -0.2) is 39.4 Å². The van der Waals surface area contributed by atoms with Crippen LogP contribution in [0.4, 0.5) is 0 Å². The monoisotopic (exact) mass is 290 g/mol. The van der Waals surface area contributed by atoms with Crippen LogP contribution in [0.2, 0.25) is 0 Å². The second-order valence-electron chi connectivity index (χ2n) is 7.04. The summed E-state index contributed by atoms with van der Waals surface area (Å²) < 4.78 is 2.18. The number of hydrogen-bond acceptors (Lipinski definition) is 3. The maximum atomic E-state index is 4.62. The third-order valence-electron chi connectivity index (χ3n) is 5.37. The number of rotatable bonds is 3. The molecule has 0 bridgehead atoms. The van der Waals surface area contributed by atoms with Gasteiger partial charge in [-0.25, -0.2) is 0 Å². The van der Waals surface area contributed by atoms with Crippen LogP contribution in [0.3, 0.4) is 0 Å². The Morgan fingerprint density at radius 3 is 2.81 bits per heavy atom. The number of piperazine rings is 1. The molecule has 1 N–H and O–H groups in total. The van der Waals surface area contributed by atoms with Gasteiger partial charge < -0.3 is 5.32 Å². The maximum Gasteiger partial charge on any atom is 0.0597 e. The van der Waals surface area contributed by atoms with Crippen LogP contribution in [0.1, 0.15) is 57.3 Å². The molecule has 2 fully saturated rings. The average Bonchev–Trinajstić information content (AvgIpc) is 2.84. The summed E-state index contributed by atoms with van der Waals surface area (Å²) in [6.07, 6.45) is 6.90. The van der Waals surface area contributed by atoms with Crippen LogP contribution in [0.5, 0.6) is 0 Å². The number of hydrogen-bond donors (Lipinski definition) is 1. The van der Waals surface area contributed by atoms with Crippen molar-refractivity contribution in [2.24, 2.45) is 0 Å². The van der Waals surface area contributed by atoms with Crippen molar-refractivity contribution in [3.8, 4) is 0 Å². The SMILES string of the molecule is CCn1nc(C)cc1CN1CC(C)NCC12CCCCC2. The molecular weight excluding hydrogens is 260 g/mol. The minimum Gasteiger partial charge on any atom is -0.311 e. The third kappa shape index (κ3) is 3.02. The Morgan fingerprint density at radius 2 is 2.10 bits per heavy atom. The second-order valence-corrected chi connectivity index (χ2v) is 7.04. The fourth-order valence-corrected chi connectivity index (χ4v) is 4.20. The van der Waals surface area contributed by atoms with Gasteiger partial charge in [0, 0.05) is 37.8 Å². The Balaban J connectivity index is 1.82. The fraction of sp³-hybridized carbons (Fsp3) is 0.824. The maximum absolute atomic E-state index is 4.62. The van der Waals surface area contributed by atoms with Crippen LogP contribution in [-0.2, 0) is 13.1 Å². The zero-order valence-corrected chi connectivity index (χ0v) is 13.9. The van der Waals surface area contributed by atoms with Gasteiger partial charge >= 0.3 is 0 Å². The van der Waals surface area contributed by atoms with E-state index >= 15 is 0 Å². The van der Waals surface area contributed by atoms with Crippen LogP contribution >= 0.6 is 0 Å². The molecule has 1 unspecified atom stereocenters. The molecule has 0 amide bonds. The van der Waals surface area contributed by atoms with E-state index in [4.69, 9.17) is 0 Å². The summed E-state index contributed by atoms with van der Waals surface area (Å²) >= 11 is 0. The van der Waals surface area contributed by atoms with E-state index in [0.29, 0.717) is 11.6 Å². The lowest BCUT2D eigenvalue weighted by molar-refractivity contribution is 0.00439. The first-order chi connectivity index (χ1) is 10.1. The highest BCUT2D eigenvalue weighted by Gasteiger charge is 2.41. The van der Waals surface area contributed by atoms with Crippen molar-refractivity contribution in [2.45, 2.75) is 77.5 Å². The van der Waals surface area contributed by atoms with Gasteiger partial charge in [0.1, 0.15) is 0 Å². The van der Waals surface area contributed by atoms with E-state index in [-0.39, 0.29) is 0 Å². The van der Waals surface area contributed by atoms with E-state index < -0.39 is 0 Å². The second kappa shape index (κ2) is 6.09. The lowest BCUT2D eigenvalue weighted by Crippen LogP contribution is -2.64. The summed E-state index contributed by atoms with van der Waals surface area (Å²) in [7, 11) is 0. The molecule has 2 aliphatic rings. The largest absolute Gasteiger partial charge is 0.311 e. The van der Waals surface area contributed by atoms with E-state index in [9.17, 15) is 0 Å². The summed E-state index contributed by atoms with van der Waals surface area (Å²) in [5.41, 5.74) is 2.92. The van der Waals surface area contributed by atoms with Gasteiger partial charge in [0.25, 0.3) is 0 Å². The zero-order chi connectivity index (χ0) is 14.9. The summed E-state index contributed by atoms with van der Waals surface area (Å²) in [4.78, 5) is 2.76. The molecule has 1 saturated carbocycles. The van der Waals surface area contributed by atoms with Crippen LogP contribution in [0, 0.1) is 6.92 Å². The summed E-state index contributed by atoms with van der Waals surface area (Å²) in [6.45, 7) is 10.9. The number of nitrogens with zero attached hydrogens (tertiary/aromatic N) is 3. The van der Waals surface area contributed by atoms with Gasteiger partial charge in [0.05, 0.1) is 11.4 Å². The van der Waals surface area contributed by atoms with E-state index in [0.717, 1.165) is 31.9 Å². The topological polar surface area (TPSA) is 33.1 Å². The number of aromatic nitrogens is 2. The van der Waals surface area contributed by atoms with Gasteiger partial charge in [0.15, 0.2) is 0 Å². The first-order valence-corrected chi connectivity index (χ1v) is 8.65. The normalized spacial score (nSPS) is 26.3. The zero-order valence-electron chi connectivity index (χ0n) is 13.9. The Labute approximate surface area is 128 Å². The van der Waals surface area contributed by atoms with Gasteiger partial charge in [-0.2, -0.15) is 5.10 Å². The summed E-state index contributed by atoms with van der Waals surface area (Å²) in [5.74, 6) is 0. The minimum absolute atomic E-state index is 0.390. The van der Waals surface area contributed by atoms with Gasteiger partial charge in [-0.1, -0.05) is 19.3 Å². The van der Waals surface area contributed by atoms with Gasteiger partial charge in [-0.15, -0.1) is 0 Å². The van der Waals surface area contributed by atoms with Gasteiger partial charge in [-0.05, 0) is 39.7 Å². The molecule has 1 atom stereocenters. The molecule has 1 aliphatic heterocycles. The third-order valence-corrected chi connectivity index (χ3v) is 5.37. The summed E-state index contributed by atoms with van der Waals surface area (Å²) in [5, 5.41) is 8.35. The predicted octanol–water partition coefficient (Wildman–Crippen LogP) is 2.71. The Morgan fingerprint density at radius 1 is 1.33 bits per heavy atom. The molecule has 0 aromatic carbocycles. The molecule has 2 heterocycles. The van der Waals surface area contributed by atoms with E-state index in [1.165, 1.54) is 37.8 Å². The lowest BCUT2D eigenvalue weighted by atomic mass is 9.78. The summed E-state index contributed by atoms with van der Waals surface area (Å²) in [6, 6.07) is 2.86. The molecule has 1 aromatic rings. The molecular formula is C17H30N4. The van der Waals surface area contributed by atoms with Crippen LogP contribution in [0.25, 0.3) is 0 Å². The van der Waals surface area contributed by atoms with Crippen molar-refractivity contribution in [1.82, 2.24) is 20.0 Å². The Bertz CT molecular complexity index is 473. The molecule has 118 valence electrons. The van der Waals surface area contributed by atoms with Crippen molar-refractivity contribution in [3.05, 3.63) is 17.5 Å². The van der Waals surface area contributed by atoms with Crippen molar-refractivity contribution in [1.29, 1.82) is 0 Å². The molecule has 1 aliphatic carbocycles. The van der Waals surface area contributed by atoms with E-state index in [1.54, 1.807) is 0 Å². The molecule has 21 heavy (non-hydrogen) atoms. The van der Waals surface area contributed by atoms with E-state index in [1.807, 2.05) is 0 Å². The predicted molar refractivity (Wildman–Crippen MR) is 86.3 cm³/mol. The van der Waals surface area contributed by atoms with Crippen LogP contribution < -0.4 is 5.32 Å². The smallest absolute Gasteiger partial charge is 0.0597 e. The highest BCUT2D eigenvalue weighted by atomic mass is 15.3. The Hall–Kier alpha value is -0.870. The fourth-order valence-electron chi connectivity index (χ4n) is 4.20. The number of aryl methyl sites for hydroxylation is 2. The molecule has 3 rings (SSSR count). The van der Waals surface area contributed by atoms with Crippen molar-refractivity contribution in [3.63, 3.8) is 0 Å². The average molecular weight is 290 g/mol. The highest BCUT2D eigenvalue weighted by Crippen LogP contribution is 2.36. The molecule has 0 radical (unpaired) electrons. The Kier molecular flexibility index (Phi) is 4.36. The van der Waals surface area contributed by atoms with Crippen molar-refractivity contribution in [2.75, 3.05) is 13.1 Å². The molecule has 1 spiro atoms. The standard InChI is InChI=1S/C17H30N4/c1-4-21-16(10-14(2)19-21)12-20-11-15(3)18-13-17(20)8-6-5-7-9-17/h10,15,18H,4-9,11-13H2,1-3H3. The molecule has 4 nitrogen and oxygen atoms in total. The lowest BCUT2D eigenvalue weighted by Gasteiger charge is -2.51. The molecule has 1 aromatic heterocycles. The quantitative estimate of drug-likeness (QED) is 0.929. The first-order valence-electron chi connectivity index (χ1n) is 8.65. The first kappa shape index (κ1) is 15.0. The molecule has 1 saturated heterocycles. The van der Waals surface area contributed by atoms with Crippen LogP contribution in [0.15, 0.2) is 6.07 Å². The van der Waals surface area contributed by atoms with E-state index in [2.05, 4.69) is 46.8 Å². The van der Waals surface area contributed by atoms with Crippen molar-refractivity contribution < 1.29 is 0 Å². The number of nitrogens with one attached hydrogen (secondary N) is 1. The molecule has 4 heteroatoms. The van der Waals surface area contributed by atoms with Gasteiger partial charge in [-0.3, -0.25) is 9.58 Å².